The number of phosphoric acid groups is 1. The van der Waals surface area contributed by atoms with E-state index in [-0.39, 0.29) is 19.4 Å². The maximum Gasteiger partial charge on any atom is 0.469 e. The molecule has 3 N–H and O–H groups in total. The van der Waals surface area contributed by atoms with Crippen LogP contribution in [0, 0.1) is 0 Å². The third-order valence-electron chi connectivity index (χ3n) is 7.47. The third-order valence-corrected chi connectivity index (χ3v) is 7.95. The molecule has 0 aromatic carbocycles. The van der Waals surface area contributed by atoms with Crippen molar-refractivity contribution < 1.29 is 43.0 Å². The molecule has 2 atom stereocenters. The summed E-state index contributed by atoms with van der Waals surface area (Å²) in [4.78, 5) is 42.7. The van der Waals surface area contributed by atoms with Gasteiger partial charge < -0.3 is 24.4 Å². The lowest BCUT2D eigenvalue weighted by Crippen LogP contribution is -2.29. The van der Waals surface area contributed by atoms with Crippen LogP contribution < -0.4 is 0 Å². The zero-order chi connectivity index (χ0) is 37.7. The first-order valence-electron chi connectivity index (χ1n) is 19.0. The average Bonchev–Trinajstić information content (AvgIpc) is 3.09. The minimum Gasteiger partial charge on any atom is -0.462 e. The van der Waals surface area contributed by atoms with Gasteiger partial charge in [0.15, 0.2) is 6.10 Å². The Balaban J connectivity index is 4.23. The lowest BCUT2D eigenvalue weighted by Gasteiger charge is -2.18. The molecule has 0 rings (SSSR count). The van der Waals surface area contributed by atoms with Crippen molar-refractivity contribution in [3.05, 3.63) is 85.1 Å². The number of allylic oxidation sites excluding steroid dienone is 12. The summed E-state index contributed by atoms with van der Waals surface area (Å²) in [5.74, 6) is -1.05. The predicted octanol–water partition coefficient (Wildman–Crippen LogP) is 10.3. The van der Waals surface area contributed by atoms with E-state index >= 15 is 0 Å². The Morgan fingerprint density at radius 3 is 1.71 bits per heavy atom. The lowest BCUT2D eigenvalue weighted by atomic mass is 10.1. The summed E-state index contributed by atoms with van der Waals surface area (Å²) < 4.78 is 26.2. The van der Waals surface area contributed by atoms with Gasteiger partial charge in [0.2, 0.25) is 0 Å². The van der Waals surface area contributed by atoms with E-state index in [4.69, 9.17) is 19.3 Å². The third kappa shape index (κ3) is 38.3. The lowest BCUT2D eigenvalue weighted by molar-refractivity contribution is -0.161. The highest BCUT2D eigenvalue weighted by molar-refractivity contribution is 7.46. The molecule has 0 saturated carbocycles. The van der Waals surface area contributed by atoms with Gasteiger partial charge in [-0.25, -0.2) is 4.57 Å². The first kappa shape index (κ1) is 48.2. The number of ether oxygens (including phenoxy) is 2. The summed E-state index contributed by atoms with van der Waals surface area (Å²) in [5.41, 5.74) is 0. The highest BCUT2D eigenvalue weighted by Crippen LogP contribution is 2.35. The maximum atomic E-state index is 12.3. The molecule has 0 saturated heterocycles. The van der Waals surface area contributed by atoms with Crippen molar-refractivity contribution >= 4 is 19.8 Å². The summed E-state index contributed by atoms with van der Waals surface area (Å²) in [7, 11) is -4.80. The first-order chi connectivity index (χ1) is 24.7. The number of carbonyl (C=O) groups excluding carboxylic acids is 2. The molecule has 0 radical (unpaired) electrons. The van der Waals surface area contributed by atoms with Gasteiger partial charge in [-0.05, 0) is 83.5 Å². The molecule has 0 spiro atoms. The standard InChI is InChI=1S/C41H67O9P/c1-3-5-7-9-11-12-13-14-15-16-17-18-22-26-30-34-40(43)48-36-39(37-49-51(45,46)47)50-41(44)35-31-27-23-19-21-25-29-33-38(42)32-28-24-20-10-8-6-4-2/h11-12,14-15,17-20,23-25,28-29,32,38-39,42H,3-10,13,16,21-22,26-27,30-31,33-37H2,1-2H3,(H2,45,46,47)/b12-11-,15-14-,18-17-,23-19+,24-20-,29-25-,32-28-/t38-,39+/m0/s1. The van der Waals surface area contributed by atoms with Crippen molar-refractivity contribution in [1.29, 1.82) is 0 Å². The quantitative estimate of drug-likeness (QED) is 0.0198. The average molecular weight is 735 g/mol. The van der Waals surface area contributed by atoms with Crippen LogP contribution in [0.2, 0.25) is 0 Å². The summed E-state index contributed by atoms with van der Waals surface area (Å²) in [5, 5.41) is 10.0. The second kappa shape index (κ2) is 35.6. The Hall–Kier alpha value is -2.81. The van der Waals surface area contributed by atoms with Gasteiger partial charge in [0.1, 0.15) is 6.61 Å². The van der Waals surface area contributed by atoms with Crippen LogP contribution in [0.25, 0.3) is 0 Å². The molecule has 0 aliphatic carbocycles. The predicted molar refractivity (Wildman–Crippen MR) is 208 cm³/mol. The second-order valence-corrected chi connectivity index (χ2v) is 13.6. The largest absolute Gasteiger partial charge is 0.469 e. The Labute approximate surface area is 308 Å². The molecular weight excluding hydrogens is 667 g/mol. The Kier molecular flexibility index (Phi) is 33.6. The number of unbranched alkanes of at least 4 members (excludes halogenated alkanes) is 9. The van der Waals surface area contributed by atoms with E-state index in [0.717, 1.165) is 38.5 Å². The van der Waals surface area contributed by atoms with E-state index in [1.807, 2.05) is 36.5 Å². The number of hydrogen-bond donors (Lipinski definition) is 3. The van der Waals surface area contributed by atoms with Gasteiger partial charge in [-0.1, -0.05) is 125 Å². The van der Waals surface area contributed by atoms with Crippen LogP contribution in [0.1, 0.15) is 136 Å². The van der Waals surface area contributed by atoms with Crippen LogP contribution in [0.5, 0.6) is 0 Å². The highest BCUT2D eigenvalue weighted by atomic mass is 31.2. The molecule has 51 heavy (non-hydrogen) atoms. The normalized spacial score (nSPS) is 14.1. The smallest absolute Gasteiger partial charge is 0.462 e. The fourth-order valence-electron chi connectivity index (χ4n) is 4.57. The Morgan fingerprint density at radius 1 is 0.608 bits per heavy atom. The SMILES string of the molecule is CCCCC/C=C\C=C/[C@H](O)C/C=C\C/C=C/CCCC(=O)O[C@H](COC(=O)CCCC/C=C\C/C=C\C/C=C\CCCCC)COP(=O)(O)O. The van der Waals surface area contributed by atoms with Gasteiger partial charge in [-0.3, -0.25) is 14.1 Å². The van der Waals surface area contributed by atoms with E-state index in [0.29, 0.717) is 32.1 Å². The van der Waals surface area contributed by atoms with Gasteiger partial charge >= 0.3 is 19.8 Å². The molecule has 0 aliphatic rings. The van der Waals surface area contributed by atoms with Crippen LogP contribution >= 0.6 is 7.82 Å². The van der Waals surface area contributed by atoms with Gasteiger partial charge in [0.25, 0.3) is 0 Å². The van der Waals surface area contributed by atoms with E-state index in [2.05, 4.69) is 60.9 Å². The Morgan fingerprint density at radius 2 is 1.12 bits per heavy atom. The maximum absolute atomic E-state index is 12.3. The minimum absolute atomic E-state index is 0.0889. The molecule has 9 nitrogen and oxygen atoms in total. The van der Waals surface area contributed by atoms with Gasteiger partial charge in [-0.2, -0.15) is 0 Å². The van der Waals surface area contributed by atoms with Crippen LogP contribution in [0.4, 0.5) is 0 Å². The van der Waals surface area contributed by atoms with Gasteiger partial charge in [0.05, 0.1) is 12.7 Å². The number of esters is 2. The highest BCUT2D eigenvalue weighted by Gasteiger charge is 2.22. The zero-order valence-electron chi connectivity index (χ0n) is 31.3. The fraction of sp³-hybridized carbons (Fsp3) is 0.610. The second-order valence-electron chi connectivity index (χ2n) is 12.4. The number of hydrogen-bond acceptors (Lipinski definition) is 7. The summed E-state index contributed by atoms with van der Waals surface area (Å²) in [6.07, 6.45) is 43.3. The monoisotopic (exact) mass is 734 g/mol. The van der Waals surface area contributed by atoms with Crippen LogP contribution in [-0.4, -0.2) is 52.3 Å². The molecule has 0 unspecified atom stereocenters. The summed E-state index contributed by atoms with van der Waals surface area (Å²) in [6.45, 7) is 3.45. The van der Waals surface area contributed by atoms with Crippen molar-refractivity contribution in [1.82, 2.24) is 0 Å². The molecule has 10 heteroatoms. The first-order valence-corrected chi connectivity index (χ1v) is 20.5. The van der Waals surface area contributed by atoms with Crippen LogP contribution in [0.3, 0.4) is 0 Å². The number of rotatable bonds is 33. The minimum atomic E-state index is -4.80. The van der Waals surface area contributed by atoms with Gasteiger partial charge in [-0.15, -0.1) is 0 Å². The Bertz CT molecular complexity index is 1110. The molecule has 0 aliphatic heterocycles. The van der Waals surface area contributed by atoms with Crippen LogP contribution in [-0.2, 0) is 28.2 Å². The molecule has 290 valence electrons. The number of aliphatic hydroxyl groups is 1. The van der Waals surface area contributed by atoms with Crippen molar-refractivity contribution in [3.8, 4) is 0 Å². The molecule has 0 bridgehead atoms. The molecule has 0 heterocycles. The van der Waals surface area contributed by atoms with Gasteiger partial charge in [0, 0.05) is 12.8 Å². The summed E-state index contributed by atoms with van der Waals surface area (Å²) in [6, 6.07) is 0. The fourth-order valence-corrected chi connectivity index (χ4v) is 4.93. The van der Waals surface area contributed by atoms with E-state index in [9.17, 15) is 19.3 Å². The molecule has 0 aromatic rings. The topological polar surface area (TPSA) is 140 Å². The van der Waals surface area contributed by atoms with Crippen LogP contribution in [0.15, 0.2) is 85.1 Å². The van der Waals surface area contributed by atoms with E-state index < -0.39 is 38.6 Å². The van der Waals surface area contributed by atoms with Crippen molar-refractivity contribution in [3.63, 3.8) is 0 Å². The number of aliphatic hydroxyl groups excluding tert-OH is 1. The number of phosphoric ester groups is 1. The molecule has 0 fully saturated rings. The zero-order valence-corrected chi connectivity index (χ0v) is 32.2. The molecular formula is C41H67O9P. The van der Waals surface area contributed by atoms with Crippen molar-refractivity contribution in [2.24, 2.45) is 0 Å². The molecule has 0 aromatic heterocycles. The van der Waals surface area contributed by atoms with E-state index in [1.54, 1.807) is 6.08 Å². The summed E-state index contributed by atoms with van der Waals surface area (Å²) >= 11 is 0. The van der Waals surface area contributed by atoms with Crippen molar-refractivity contribution in [2.75, 3.05) is 13.2 Å². The molecule has 0 amide bonds. The number of carbonyl (C=O) groups is 2. The van der Waals surface area contributed by atoms with E-state index in [1.165, 1.54) is 38.5 Å². The van der Waals surface area contributed by atoms with Crippen molar-refractivity contribution in [2.45, 2.75) is 148 Å².